The summed E-state index contributed by atoms with van der Waals surface area (Å²) in [6.45, 7) is 4.17. The number of carbonyl (C=O) groups is 2. The van der Waals surface area contributed by atoms with E-state index >= 15 is 0 Å². The largest absolute Gasteiger partial charge is 0.447 e. The number of ether oxygens (including phenoxy) is 1. The van der Waals surface area contributed by atoms with Gasteiger partial charge >= 0.3 is 6.09 Å². The van der Waals surface area contributed by atoms with Crippen LogP contribution < -0.4 is 0 Å². The lowest BCUT2D eigenvalue weighted by atomic mass is 10.0. The quantitative estimate of drug-likeness (QED) is 0.851. The molecule has 0 aliphatic carbocycles. The summed E-state index contributed by atoms with van der Waals surface area (Å²) < 4.78 is 17.7. The second-order valence-electron chi connectivity index (χ2n) is 5.28. The molecule has 1 unspecified atom stereocenters. The molecule has 5 heteroatoms. The topological polar surface area (TPSA) is 46.6 Å². The van der Waals surface area contributed by atoms with Crippen LogP contribution in [0.5, 0.6) is 0 Å². The molecule has 1 atom stereocenters. The van der Waals surface area contributed by atoms with Gasteiger partial charge in [-0.1, -0.05) is 26.0 Å². The van der Waals surface area contributed by atoms with Crippen LogP contribution in [0.2, 0.25) is 0 Å². The number of halogens is 1. The van der Waals surface area contributed by atoms with E-state index in [1.165, 1.54) is 17.0 Å². The zero-order chi connectivity index (χ0) is 14.7. The lowest BCUT2D eigenvalue weighted by Crippen LogP contribution is -2.41. The molecule has 2 rings (SSSR count). The SMILES string of the molecule is CC(C)C1COC(=O)N1C(=O)CCc1ccc(F)cc1. The van der Waals surface area contributed by atoms with E-state index in [1.54, 1.807) is 12.1 Å². The summed E-state index contributed by atoms with van der Waals surface area (Å²) in [5.41, 5.74) is 0.869. The molecular formula is C15H18FNO3. The molecule has 4 nitrogen and oxygen atoms in total. The molecule has 1 aliphatic rings. The second-order valence-corrected chi connectivity index (χ2v) is 5.28. The number of benzene rings is 1. The highest BCUT2D eigenvalue weighted by Gasteiger charge is 2.38. The van der Waals surface area contributed by atoms with E-state index in [-0.39, 0.29) is 36.7 Å². The number of hydrogen-bond donors (Lipinski definition) is 0. The van der Waals surface area contributed by atoms with Crippen molar-refractivity contribution in [1.82, 2.24) is 4.90 Å². The van der Waals surface area contributed by atoms with Crippen molar-refractivity contribution < 1.29 is 18.7 Å². The smallest absolute Gasteiger partial charge is 0.416 e. The number of aryl methyl sites for hydroxylation is 1. The van der Waals surface area contributed by atoms with Gasteiger partial charge in [-0.3, -0.25) is 4.79 Å². The third-order valence-corrected chi connectivity index (χ3v) is 3.48. The second kappa shape index (κ2) is 6.03. The summed E-state index contributed by atoms with van der Waals surface area (Å²) in [5.74, 6) is -0.380. The van der Waals surface area contributed by atoms with Crippen molar-refractivity contribution in [2.45, 2.75) is 32.7 Å². The van der Waals surface area contributed by atoms with Crippen molar-refractivity contribution >= 4 is 12.0 Å². The lowest BCUT2D eigenvalue weighted by Gasteiger charge is -2.22. The normalized spacial score (nSPS) is 18.5. The third kappa shape index (κ3) is 3.15. The van der Waals surface area contributed by atoms with Crippen LogP contribution in [0.15, 0.2) is 24.3 Å². The molecule has 1 saturated heterocycles. The first-order chi connectivity index (χ1) is 9.49. The van der Waals surface area contributed by atoms with Crippen molar-refractivity contribution in [2.75, 3.05) is 6.61 Å². The lowest BCUT2D eigenvalue weighted by molar-refractivity contribution is -0.129. The first kappa shape index (κ1) is 14.5. The minimum absolute atomic E-state index is 0.163. The summed E-state index contributed by atoms with van der Waals surface area (Å²) in [5, 5.41) is 0. The molecule has 1 aromatic carbocycles. The van der Waals surface area contributed by atoms with E-state index in [1.807, 2.05) is 13.8 Å². The van der Waals surface area contributed by atoms with Gasteiger partial charge in [-0.25, -0.2) is 14.1 Å². The van der Waals surface area contributed by atoms with Gasteiger partial charge in [0, 0.05) is 6.42 Å². The number of rotatable bonds is 4. The van der Waals surface area contributed by atoms with Gasteiger partial charge < -0.3 is 4.74 Å². The highest BCUT2D eigenvalue weighted by atomic mass is 19.1. The van der Waals surface area contributed by atoms with E-state index in [2.05, 4.69) is 0 Å². The highest BCUT2D eigenvalue weighted by Crippen LogP contribution is 2.21. The van der Waals surface area contributed by atoms with Crippen LogP contribution in [0.25, 0.3) is 0 Å². The first-order valence-corrected chi connectivity index (χ1v) is 6.72. The molecule has 20 heavy (non-hydrogen) atoms. The van der Waals surface area contributed by atoms with Gasteiger partial charge in [0.05, 0.1) is 6.04 Å². The summed E-state index contributed by atoms with van der Waals surface area (Å²) >= 11 is 0. The molecule has 0 N–H and O–H groups in total. The average molecular weight is 279 g/mol. The Morgan fingerprint density at radius 3 is 2.65 bits per heavy atom. The number of cyclic esters (lactones) is 1. The van der Waals surface area contributed by atoms with Gasteiger partial charge in [-0.2, -0.15) is 0 Å². The first-order valence-electron chi connectivity index (χ1n) is 6.72. The standard InChI is InChI=1S/C15H18FNO3/c1-10(2)13-9-20-15(19)17(13)14(18)8-5-11-3-6-12(16)7-4-11/h3-4,6-7,10,13H,5,8-9H2,1-2H3. The summed E-state index contributed by atoms with van der Waals surface area (Å²) in [7, 11) is 0. The average Bonchev–Trinajstić information content (AvgIpc) is 2.80. The Labute approximate surface area is 117 Å². The summed E-state index contributed by atoms with van der Waals surface area (Å²) in [6, 6.07) is 5.82. The molecule has 0 bridgehead atoms. The molecule has 0 saturated carbocycles. The van der Waals surface area contributed by atoms with Crippen molar-refractivity contribution in [1.29, 1.82) is 0 Å². The minimum atomic E-state index is -0.562. The molecule has 0 aromatic heterocycles. The van der Waals surface area contributed by atoms with Crippen molar-refractivity contribution in [3.63, 3.8) is 0 Å². The van der Waals surface area contributed by atoms with Crippen LogP contribution in [0.1, 0.15) is 25.8 Å². The van der Waals surface area contributed by atoms with Gasteiger partial charge in [0.2, 0.25) is 5.91 Å². The van der Waals surface area contributed by atoms with Crippen molar-refractivity contribution in [3.05, 3.63) is 35.6 Å². The van der Waals surface area contributed by atoms with E-state index in [9.17, 15) is 14.0 Å². The van der Waals surface area contributed by atoms with Crippen LogP contribution >= 0.6 is 0 Å². The Hall–Kier alpha value is -1.91. The van der Waals surface area contributed by atoms with Gasteiger partial charge in [-0.15, -0.1) is 0 Å². The number of hydrogen-bond acceptors (Lipinski definition) is 3. The molecule has 0 radical (unpaired) electrons. The minimum Gasteiger partial charge on any atom is -0.447 e. The maximum absolute atomic E-state index is 12.8. The molecule has 1 fully saturated rings. The van der Waals surface area contributed by atoms with Gasteiger partial charge in [0.1, 0.15) is 12.4 Å². The maximum atomic E-state index is 12.8. The molecule has 1 heterocycles. The van der Waals surface area contributed by atoms with Crippen LogP contribution in [0.4, 0.5) is 9.18 Å². The zero-order valence-electron chi connectivity index (χ0n) is 11.6. The van der Waals surface area contributed by atoms with Crippen LogP contribution in [0.3, 0.4) is 0 Å². The van der Waals surface area contributed by atoms with E-state index in [4.69, 9.17) is 4.74 Å². The van der Waals surface area contributed by atoms with Crippen LogP contribution in [0, 0.1) is 11.7 Å². The van der Waals surface area contributed by atoms with E-state index in [0.717, 1.165) is 5.56 Å². The fourth-order valence-corrected chi connectivity index (χ4v) is 2.24. The number of amides is 2. The predicted octanol–water partition coefficient (Wildman–Crippen LogP) is 2.76. The fourth-order valence-electron chi connectivity index (χ4n) is 2.24. The molecule has 1 aromatic rings. The Balaban J connectivity index is 1.97. The number of nitrogens with zero attached hydrogens (tertiary/aromatic N) is 1. The van der Waals surface area contributed by atoms with Crippen molar-refractivity contribution in [2.24, 2.45) is 5.92 Å². The number of carbonyl (C=O) groups excluding carboxylic acids is 2. The van der Waals surface area contributed by atoms with Gasteiger partial charge in [-0.05, 0) is 30.0 Å². The van der Waals surface area contributed by atoms with E-state index in [0.29, 0.717) is 6.42 Å². The molecule has 108 valence electrons. The Kier molecular flexibility index (Phi) is 4.37. The van der Waals surface area contributed by atoms with Crippen LogP contribution in [-0.2, 0) is 16.0 Å². The molecular weight excluding hydrogens is 261 g/mol. The van der Waals surface area contributed by atoms with Gasteiger partial charge in [0.15, 0.2) is 0 Å². The molecule has 1 aliphatic heterocycles. The van der Waals surface area contributed by atoms with E-state index < -0.39 is 6.09 Å². The van der Waals surface area contributed by atoms with Crippen molar-refractivity contribution in [3.8, 4) is 0 Å². The monoisotopic (exact) mass is 279 g/mol. The van der Waals surface area contributed by atoms with Crippen LogP contribution in [-0.4, -0.2) is 29.5 Å². The zero-order valence-corrected chi connectivity index (χ0v) is 11.6. The molecule has 2 amide bonds. The Morgan fingerprint density at radius 2 is 2.05 bits per heavy atom. The Morgan fingerprint density at radius 1 is 1.40 bits per heavy atom. The molecule has 0 spiro atoms. The Bertz CT molecular complexity index is 498. The fraction of sp³-hybridized carbons (Fsp3) is 0.467. The number of imide groups is 1. The predicted molar refractivity (Wildman–Crippen MR) is 71.5 cm³/mol. The highest BCUT2D eigenvalue weighted by molar-refractivity contribution is 5.93. The summed E-state index contributed by atoms with van der Waals surface area (Å²) in [6.07, 6.45) is 0.130. The summed E-state index contributed by atoms with van der Waals surface area (Å²) in [4.78, 5) is 25.0. The van der Waals surface area contributed by atoms with Gasteiger partial charge in [0.25, 0.3) is 0 Å². The maximum Gasteiger partial charge on any atom is 0.416 e. The third-order valence-electron chi connectivity index (χ3n) is 3.48.